The molecule has 130 valence electrons. The Hall–Kier alpha value is -2.47. The zero-order valence-corrected chi connectivity index (χ0v) is 15.3. The van der Waals surface area contributed by atoms with Crippen molar-refractivity contribution >= 4 is 27.5 Å². The van der Waals surface area contributed by atoms with Crippen molar-refractivity contribution in [3.8, 4) is 11.1 Å². The van der Waals surface area contributed by atoms with Gasteiger partial charge in [-0.3, -0.25) is 14.2 Å². The number of carboxylic acid groups (broad SMARTS) is 1. The molecule has 3 aromatic rings. The van der Waals surface area contributed by atoms with Crippen molar-refractivity contribution in [2.24, 2.45) is 0 Å². The minimum atomic E-state index is -0.922. The third kappa shape index (κ3) is 3.22. The van der Waals surface area contributed by atoms with E-state index < -0.39 is 5.97 Å². The monoisotopic (exact) mass is 356 g/mol. The highest BCUT2D eigenvalue weighted by molar-refractivity contribution is 7.17. The van der Waals surface area contributed by atoms with Crippen molar-refractivity contribution in [1.29, 1.82) is 0 Å². The van der Waals surface area contributed by atoms with Crippen LogP contribution in [0.2, 0.25) is 0 Å². The van der Waals surface area contributed by atoms with Crippen molar-refractivity contribution < 1.29 is 9.90 Å². The Labute approximate surface area is 149 Å². The minimum absolute atomic E-state index is 0.0940. The number of benzene rings is 1. The van der Waals surface area contributed by atoms with Crippen molar-refractivity contribution in [3.63, 3.8) is 0 Å². The number of carbonyl (C=O) groups is 1. The van der Waals surface area contributed by atoms with Gasteiger partial charge in [-0.15, -0.1) is 11.3 Å². The summed E-state index contributed by atoms with van der Waals surface area (Å²) in [6.07, 6.45) is 0.491. The number of rotatable bonds is 5. The summed E-state index contributed by atoms with van der Waals surface area (Å²) >= 11 is 1.45. The molecule has 3 rings (SSSR count). The van der Waals surface area contributed by atoms with Crippen LogP contribution >= 0.6 is 11.3 Å². The quantitative estimate of drug-likeness (QED) is 0.755. The van der Waals surface area contributed by atoms with Crippen LogP contribution in [0.4, 0.5) is 0 Å². The SMILES string of the molecule is CCc1nc2scc(-c3ccc(C)c(C)c3)c2c(=O)n1CCC(=O)O. The van der Waals surface area contributed by atoms with Gasteiger partial charge < -0.3 is 5.11 Å². The Bertz CT molecular complexity index is 1020. The van der Waals surface area contributed by atoms with Crippen LogP contribution < -0.4 is 5.56 Å². The number of thiophene rings is 1. The van der Waals surface area contributed by atoms with Crippen LogP contribution in [0.3, 0.4) is 0 Å². The standard InChI is InChI=1S/C19H20N2O3S/c1-4-15-20-18-17(19(24)21(15)8-7-16(22)23)14(10-25-18)13-6-5-11(2)12(3)9-13/h5-6,9-10H,4,7-8H2,1-3H3,(H,22,23). The lowest BCUT2D eigenvalue weighted by atomic mass is 10.0. The molecule has 0 fully saturated rings. The molecular weight excluding hydrogens is 336 g/mol. The molecule has 0 aliphatic heterocycles. The first-order valence-corrected chi connectivity index (χ1v) is 9.10. The van der Waals surface area contributed by atoms with Gasteiger partial charge in [0, 0.05) is 23.9 Å². The van der Waals surface area contributed by atoms with Crippen molar-refractivity contribution in [1.82, 2.24) is 9.55 Å². The summed E-state index contributed by atoms with van der Waals surface area (Å²) in [6.45, 7) is 6.16. The highest BCUT2D eigenvalue weighted by Crippen LogP contribution is 2.32. The average Bonchev–Trinajstić information content (AvgIpc) is 3.00. The maximum Gasteiger partial charge on any atom is 0.305 e. The predicted octanol–water partition coefficient (Wildman–Crippen LogP) is 3.78. The number of hydrogen-bond donors (Lipinski definition) is 1. The summed E-state index contributed by atoms with van der Waals surface area (Å²) in [5.41, 5.74) is 4.07. The molecule has 0 saturated carbocycles. The molecule has 1 aromatic carbocycles. The molecule has 0 aliphatic carbocycles. The predicted molar refractivity (Wildman–Crippen MR) is 100 cm³/mol. The number of aliphatic carboxylic acids is 1. The first-order chi connectivity index (χ1) is 11.9. The summed E-state index contributed by atoms with van der Waals surface area (Å²) < 4.78 is 1.51. The molecule has 0 radical (unpaired) electrons. The fourth-order valence-electron chi connectivity index (χ4n) is 2.90. The van der Waals surface area contributed by atoms with E-state index in [2.05, 4.69) is 18.0 Å². The van der Waals surface area contributed by atoms with Gasteiger partial charge in [0.05, 0.1) is 11.8 Å². The van der Waals surface area contributed by atoms with Crippen molar-refractivity contribution in [3.05, 3.63) is 50.9 Å². The van der Waals surface area contributed by atoms with Gasteiger partial charge in [0.2, 0.25) is 0 Å². The van der Waals surface area contributed by atoms with E-state index in [1.165, 1.54) is 27.0 Å². The molecule has 25 heavy (non-hydrogen) atoms. The lowest BCUT2D eigenvalue weighted by Gasteiger charge is -2.11. The molecule has 0 atom stereocenters. The molecule has 0 saturated heterocycles. The molecule has 0 amide bonds. The van der Waals surface area contributed by atoms with E-state index in [1.807, 2.05) is 31.4 Å². The smallest absolute Gasteiger partial charge is 0.305 e. The van der Waals surface area contributed by atoms with Gasteiger partial charge in [-0.1, -0.05) is 25.1 Å². The highest BCUT2D eigenvalue weighted by Gasteiger charge is 2.17. The second kappa shape index (κ2) is 6.80. The Morgan fingerprint density at radius 2 is 2.04 bits per heavy atom. The zero-order valence-electron chi connectivity index (χ0n) is 14.5. The van der Waals surface area contributed by atoms with Gasteiger partial charge in [0.25, 0.3) is 5.56 Å². The number of carboxylic acids is 1. The van der Waals surface area contributed by atoms with Gasteiger partial charge >= 0.3 is 5.97 Å². The van der Waals surface area contributed by atoms with E-state index in [9.17, 15) is 9.59 Å². The number of nitrogens with zero attached hydrogens (tertiary/aromatic N) is 2. The summed E-state index contributed by atoms with van der Waals surface area (Å²) in [4.78, 5) is 29.3. The first kappa shape index (κ1) is 17.4. The third-order valence-corrected chi connectivity index (χ3v) is 5.33. The van der Waals surface area contributed by atoms with E-state index in [0.29, 0.717) is 22.5 Å². The van der Waals surface area contributed by atoms with Gasteiger partial charge in [-0.05, 0) is 30.5 Å². The molecule has 1 N–H and O–H groups in total. The van der Waals surface area contributed by atoms with E-state index in [1.54, 1.807) is 0 Å². The molecule has 0 unspecified atom stereocenters. The van der Waals surface area contributed by atoms with Crippen molar-refractivity contribution in [2.75, 3.05) is 0 Å². The van der Waals surface area contributed by atoms with E-state index in [0.717, 1.165) is 11.1 Å². The second-order valence-corrected chi connectivity index (χ2v) is 6.97. The summed E-state index contributed by atoms with van der Waals surface area (Å²) in [5.74, 6) is -0.291. The van der Waals surface area contributed by atoms with Crippen LogP contribution in [0.25, 0.3) is 21.3 Å². The highest BCUT2D eigenvalue weighted by atomic mass is 32.1. The molecule has 6 heteroatoms. The fraction of sp³-hybridized carbons (Fsp3) is 0.316. The molecule has 2 heterocycles. The molecule has 2 aromatic heterocycles. The van der Waals surface area contributed by atoms with Gasteiger partial charge in [0.1, 0.15) is 10.7 Å². The van der Waals surface area contributed by atoms with E-state index in [4.69, 9.17) is 5.11 Å². The Balaban J connectivity index is 2.22. The van der Waals surface area contributed by atoms with Gasteiger partial charge in [-0.2, -0.15) is 0 Å². The molecule has 5 nitrogen and oxygen atoms in total. The topological polar surface area (TPSA) is 72.2 Å². The molecule has 0 bridgehead atoms. The Morgan fingerprint density at radius 3 is 2.68 bits per heavy atom. The summed E-state index contributed by atoms with van der Waals surface area (Å²) in [6, 6.07) is 6.13. The maximum absolute atomic E-state index is 13.1. The summed E-state index contributed by atoms with van der Waals surface area (Å²) in [5, 5.41) is 11.5. The number of fused-ring (bicyclic) bond motifs is 1. The molecule has 0 aliphatic rings. The third-order valence-electron chi connectivity index (χ3n) is 4.46. The molecule has 0 spiro atoms. The van der Waals surface area contributed by atoms with Crippen LogP contribution in [-0.2, 0) is 17.8 Å². The van der Waals surface area contributed by atoms with Crippen LogP contribution in [0.1, 0.15) is 30.3 Å². The number of aromatic nitrogens is 2. The van der Waals surface area contributed by atoms with Gasteiger partial charge in [0.15, 0.2) is 0 Å². The lowest BCUT2D eigenvalue weighted by molar-refractivity contribution is -0.137. The van der Waals surface area contributed by atoms with Crippen LogP contribution in [0.15, 0.2) is 28.4 Å². The van der Waals surface area contributed by atoms with Crippen molar-refractivity contribution in [2.45, 2.75) is 40.2 Å². The van der Waals surface area contributed by atoms with E-state index >= 15 is 0 Å². The van der Waals surface area contributed by atoms with Crippen LogP contribution in [0, 0.1) is 13.8 Å². The van der Waals surface area contributed by atoms with E-state index in [-0.39, 0.29) is 18.5 Å². The molecular formula is C19H20N2O3S. The normalized spacial score (nSPS) is 11.2. The van der Waals surface area contributed by atoms with Gasteiger partial charge in [-0.25, -0.2) is 4.98 Å². The average molecular weight is 356 g/mol. The van der Waals surface area contributed by atoms with Crippen LogP contribution in [-0.4, -0.2) is 20.6 Å². The largest absolute Gasteiger partial charge is 0.481 e. The maximum atomic E-state index is 13.1. The Morgan fingerprint density at radius 1 is 1.28 bits per heavy atom. The van der Waals surface area contributed by atoms with Crippen LogP contribution in [0.5, 0.6) is 0 Å². The summed E-state index contributed by atoms with van der Waals surface area (Å²) in [7, 11) is 0. The zero-order chi connectivity index (χ0) is 18.1. The lowest BCUT2D eigenvalue weighted by Crippen LogP contribution is -2.26. The fourth-order valence-corrected chi connectivity index (χ4v) is 3.85. The Kier molecular flexibility index (Phi) is 4.72. The second-order valence-electron chi connectivity index (χ2n) is 6.11. The first-order valence-electron chi connectivity index (χ1n) is 8.22. The number of aryl methyl sites for hydroxylation is 3. The minimum Gasteiger partial charge on any atom is -0.481 e. The number of hydrogen-bond acceptors (Lipinski definition) is 4.